The van der Waals surface area contributed by atoms with Gasteiger partial charge in [-0.1, -0.05) is 12.2 Å². The van der Waals surface area contributed by atoms with E-state index in [4.69, 9.17) is 0 Å². The van der Waals surface area contributed by atoms with Gasteiger partial charge in [-0.05, 0) is 29.7 Å². The van der Waals surface area contributed by atoms with Gasteiger partial charge < -0.3 is 0 Å². The van der Waals surface area contributed by atoms with Gasteiger partial charge in [-0.25, -0.2) is 0 Å². The summed E-state index contributed by atoms with van der Waals surface area (Å²) >= 11 is 0. The molecule has 0 saturated carbocycles. The lowest BCUT2D eigenvalue weighted by Gasteiger charge is -1.84. The van der Waals surface area contributed by atoms with Crippen LogP contribution in [0, 0.1) is 0 Å². The molecule has 38 valence electrons. The highest BCUT2D eigenvalue weighted by Gasteiger charge is 2.05. The SMILES string of the molecule is C1=CC2=C(C=1)CC=C2. The van der Waals surface area contributed by atoms with Crippen LogP contribution in [0.25, 0.3) is 0 Å². The molecule has 0 aliphatic heterocycles. The third-order valence-electron chi connectivity index (χ3n) is 1.50. The van der Waals surface area contributed by atoms with Crippen molar-refractivity contribution in [1.82, 2.24) is 0 Å². The van der Waals surface area contributed by atoms with Crippen molar-refractivity contribution in [3.05, 3.63) is 41.2 Å². The molecular formula is C8H6. The third-order valence-corrected chi connectivity index (χ3v) is 1.50. The first-order valence-electron chi connectivity index (χ1n) is 2.79. The molecule has 0 spiro atoms. The van der Waals surface area contributed by atoms with E-state index in [2.05, 4.69) is 24.0 Å². The maximum Gasteiger partial charge on any atom is -0.00818 e. The van der Waals surface area contributed by atoms with Crippen molar-refractivity contribution in [2.75, 3.05) is 0 Å². The molecular weight excluding hydrogens is 96.1 g/mol. The van der Waals surface area contributed by atoms with Crippen LogP contribution in [0.3, 0.4) is 0 Å². The summed E-state index contributed by atoms with van der Waals surface area (Å²) in [6.07, 6.45) is 9.51. The van der Waals surface area contributed by atoms with E-state index in [1.54, 1.807) is 0 Å². The van der Waals surface area contributed by atoms with E-state index < -0.39 is 0 Å². The summed E-state index contributed by atoms with van der Waals surface area (Å²) in [7, 11) is 0. The van der Waals surface area contributed by atoms with Gasteiger partial charge in [0.1, 0.15) is 0 Å². The average Bonchev–Trinajstić information content (AvgIpc) is 2.15. The molecule has 0 atom stereocenters. The van der Waals surface area contributed by atoms with Crippen LogP contribution in [0.5, 0.6) is 0 Å². The molecule has 0 aromatic carbocycles. The van der Waals surface area contributed by atoms with Crippen molar-refractivity contribution >= 4 is 0 Å². The van der Waals surface area contributed by atoms with Crippen molar-refractivity contribution in [2.45, 2.75) is 6.42 Å². The molecule has 2 aliphatic rings. The molecule has 0 heterocycles. The quantitative estimate of drug-likeness (QED) is 0.410. The zero-order valence-corrected chi connectivity index (χ0v) is 4.52. The van der Waals surface area contributed by atoms with Crippen molar-refractivity contribution in [3.8, 4) is 0 Å². The highest BCUT2D eigenvalue weighted by molar-refractivity contribution is 5.50. The second-order valence-electron chi connectivity index (χ2n) is 2.04. The van der Waals surface area contributed by atoms with Crippen LogP contribution >= 0.6 is 0 Å². The Balaban J connectivity index is 2.53. The zero-order valence-electron chi connectivity index (χ0n) is 4.52. The highest BCUT2D eigenvalue weighted by Crippen LogP contribution is 2.23. The van der Waals surface area contributed by atoms with Crippen LogP contribution in [0.1, 0.15) is 6.42 Å². The highest BCUT2D eigenvalue weighted by atomic mass is 14.1. The molecule has 0 aromatic heterocycles. The molecule has 0 bridgehead atoms. The summed E-state index contributed by atoms with van der Waals surface area (Å²) in [5, 5.41) is 0. The van der Waals surface area contributed by atoms with E-state index in [0.717, 1.165) is 6.42 Å². The molecule has 0 heteroatoms. The van der Waals surface area contributed by atoms with Crippen molar-refractivity contribution in [2.24, 2.45) is 0 Å². The first kappa shape index (κ1) is 3.94. The fraction of sp³-hybridized carbons (Fsp3) is 0.125. The second kappa shape index (κ2) is 1.24. The maximum atomic E-state index is 3.05. The fourth-order valence-corrected chi connectivity index (χ4v) is 1.05. The Kier molecular flexibility index (Phi) is 0.610. The van der Waals surface area contributed by atoms with E-state index in [9.17, 15) is 0 Å². The van der Waals surface area contributed by atoms with Gasteiger partial charge in [0.05, 0.1) is 0 Å². The van der Waals surface area contributed by atoms with Crippen LogP contribution in [0.4, 0.5) is 0 Å². The topological polar surface area (TPSA) is 0 Å². The van der Waals surface area contributed by atoms with Gasteiger partial charge in [0.25, 0.3) is 0 Å². The van der Waals surface area contributed by atoms with Crippen molar-refractivity contribution < 1.29 is 0 Å². The van der Waals surface area contributed by atoms with Gasteiger partial charge >= 0.3 is 0 Å². The minimum Gasteiger partial charge on any atom is -0.120 e. The molecule has 0 radical (unpaired) electrons. The summed E-state index contributed by atoms with van der Waals surface area (Å²) in [4.78, 5) is 0. The molecule has 2 aliphatic carbocycles. The van der Waals surface area contributed by atoms with Gasteiger partial charge in [-0.2, -0.15) is 0 Å². The maximum absolute atomic E-state index is 3.05. The predicted molar refractivity (Wildman–Crippen MR) is 33.4 cm³/mol. The standard InChI is InChI=1S/C8H6/c1-3-7-5-2-6-8(7)4-1/h1,3,5-6H,4H2. The molecule has 0 saturated heterocycles. The fourth-order valence-electron chi connectivity index (χ4n) is 1.05. The van der Waals surface area contributed by atoms with Gasteiger partial charge in [0, 0.05) is 0 Å². The average molecular weight is 102 g/mol. The molecule has 8 heavy (non-hydrogen) atoms. The number of hydrogen-bond donors (Lipinski definition) is 0. The first-order chi connectivity index (χ1) is 3.97. The smallest absolute Gasteiger partial charge is 0.00818 e. The van der Waals surface area contributed by atoms with Gasteiger partial charge in [-0.15, -0.1) is 5.73 Å². The molecule has 0 nitrogen and oxygen atoms in total. The van der Waals surface area contributed by atoms with E-state index in [1.165, 1.54) is 11.1 Å². The molecule has 2 rings (SSSR count). The largest absolute Gasteiger partial charge is 0.120 e. The summed E-state index contributed by atoms with van der Waals surface area (Å²) in [5.41, 5.74) is 5.82. The monoisotopic (exact) mass is 102 g/mol. The van der Waals surface area contributed by atoms with E-state index in [0.29, 0.717) is 0 Å². The molecule has 0 aromatic rings. The summed E-state index contributed by atoms with van der Waals surface area (Å²) in [5.74, 6) is 0. The molecule has 0 N–H and O–H groups in total. The van der Waals surface area contributed by atoms with E-state index >= 15 is 0 Å². The van der Waals surface area contributed by atoms with E-state index in [1.807, 2.05) is 6.08 Å². The normalized spacial score (nSPS) is 21.0. The van der Waals surface area contributed by atoms with Crippen LogP contribution in [0.2, 0.25) is 0 Å². The Hall–Kier alpha value is -1.00. The lowest BCUT2D eigenvalue weighted by atomic mass is 10.2. The van der Waals surface area contributed by atoms with Crippen LogP contribution in [0.15, 0.2) is 41.2 Å². The number of allylic oxidation sites excluding steroid dienone is 5. The van der Waals surface area contributed by atoms with Gasteiger partial charge in [0.2, 0.25) is 0 Å². The van der Waals surface area contributed by atoms with Crippen molar-refractivity contribution in [1.29, 1.82) is 0 Å². The Morgan fingerprint density at radius 1 is 1.38 bits per heavy atom. The molecule has 0 amide bonds. The Bertz CT molecular complexity index is 233. The first-order valence-corrected chi connectivity index (χ1v) is 2.79. The Labute approximate surface area is 48.5 Å². The second-order valence-corrected chi connectivity index (χ2v) is 2.04. The minimum atomic E-state index is 1.11. The van der Waals surface area contributed by atoms with Crippen LogP contribution < -0.4 is 0 Å². The number of hydrogen-bond acceptors (Lipinski definition) is 0. The Morgan fingerprint density at radius 3 is 3.25 bits per heavy atom. The molecule has 0 fully saturated rings. The minimum absolute atomic E-state index is 1.11. The summed E-state index contributed by atoms with van der Waals surface area (Å²) in [6.45, 7) is 0. The lowest BCUT2D eigenvalue weighted by Crippen LogP contribution is -1.67. The lowest BCUT2D eigenvalue weighted by molar-refractivity contribution is 1.33. The summed E-state index contributed by atoms with van der Waals surface area (Å²) in [6, 6.07) is 0. The van der Waals surface area contributed by atoms with Crippen LogP contribution in [-0.2, 0) is 0 Å². The van der Waals surface area contributed by atoms with Crippen molar-refractivity contribution in [3.63, 3.8) is 0 Å². The number of rotatable bonds is 0. The zero-order chi connectivity index (χ0) is 5.40. The van der Waals surface area contributed by atoms with Gasteiger partial charge in [-0.3, -0.25) is 0 Å². The third kappa shape index (κ3) is 0.356. The summed E-state index contributed by atoms with van der Waals surface area (Å²) < 4.78 is 0. The van der Waals surface area contributed by atoms with E-state index in [-0.39, 0.29) is 0 Å². The predicted octanol–water partition coefficient (Wildman–Crippen LogP) is 1.97. The van der Waals surface area contributed by atoms with Crippen LogP contribution in [-0.4, -0.2) is 0 Å². The molecule has 0 unspecified atom stereocenters. The van der Waals surface area contributed by atoms with Gasteiger partial charge in [0.15, 0.2) is 0 Å². The Morgan fingerprint density at radius 2 is 2.38 bits per heavy atom.